The van der Waals surface area contributed by atoms with Gasteiger partial charge in [0, 0.05) is 13.0 Å². The number of hydrogen-bond donors (Lipinski definition) is 2. The number of fused-ring (bicyclic) bond motifs is 1. The topological polar surface area (TPSA) is 89.3 Å². The summed E-state index contributed by atoms with van der Waals surface area (Å²) in [4.78, 5) is 12.5. The number of aryl methyl sites for hydroxylation is 2. The first-order valence-electron chi connectivity index (χ1n) is 8.80. The number of nitrogens with two attached hydrogens (primary N) is 1. The Morgan fingerprint density at radius 2 is 1.80 bits per heavy atom. The number of sulfone groups is 1. The monoisotopic (exact) mass is 386 g/mol. The molecule has 0 unspecified atom stereocenters. The summed E-state index contributed by atoms with van der Waals surface area (Å²) < 4.78 is 25.0. The van der Waals surface area contributed by atoms with Crippen molar-refractivity contribution in [2.45, 2.75) is 61.8 Å². The summed E-state index contributed by atoms with van der Waals surface area (Å²) in [5, 5.41) is 2.98. The van der Waals surface area contributed by atoms with Crippen molar-refractivity contribution in [1.82, 2.24) is 5.32 Å². The molecule has 1 saturated carbocycles. The van der Waals surface area contributed by atoms with Crippen molar-refractivity contribution >= 4 is 28.2 Å². The average molecular weight is 387 g/mol. The van der Waals surface area contributed by atoms with Gasteiger partial charge in [-0.2, -0.15) is 0 Å². The van der Waals surface area contributed by atoms with E-state index in [1.807, 2.05) is 6.07 Å². The lowest BCUT2D eigenvalue weighted by molar-refractivity contribution is -0.122. The quantitative estimate of drug-likeness (QED) is 0.783. The van der Waals surface area contributed by atoms with Crippen molar-refractivity contribution in [1.29, 1.82) is 0 Å². The van der Waals surface area contributed by atoms with Crippen LogP contribution < -0.4 is 11.1 Å². The van der Waals surface area contributed by atoms with Gasteiger partial charge >= 0.3 is 0 Å². The Hall–Kier alpha value is -1.11. The van der Waals surface area contributed by atoms with Gasteiger partial charge in [-0.3, -0.25) is 4.79 Å². The fraction of sp³-hybridized carbons (Fsp3) is 0.611. The number of benzene rings is 1. The van der Waals surface area contributed by atoms with Gasteiger partial charge in [-0.05, 0) is 55.4 Å². The zero-order valence-electron chi connectivity index (χ0n) is 14.4. The smallest absolute Gasteiger partial charge is 0.221 e. The van der Waals surface area contributed by atoms with Crippen LogP contribution in [0.25, 0.3) is 0 Å². The van der Waals surface area contributed by atoms with E-state index in [2.05, 4.69) is 5.32 Å². The Balaban J connectivity index is 0.00000225. The van der Waals surface area contributed by atoms with Crippen molar-refractivity contribution < 1.29 is 13.2 Å². The van der Waals surface area contributed by atoms with Crippen LogP contribution in [0.1, 0.15) is 49.7 Å². The minimum atomic E-state index is -3.43. The number of amides is 1. The van der Waals surface area contributed by atoms with Crippen LogP contribution in [-0.4, -0.2) is 32.2 Å². The van der Waals surface area contributed by atoms with Crippen LogP contribution in [0.3, 0.4) is 0 Å². The van der Waals surface area contributed by atoms with E-state index >= 15 is 0 Å². The second-order valence-corrected chi connectivity index (χ2v) is 9.20. The molecule has 0 saturated heterocycles. The summed E-state index contributed by atoms with van der Waals surface area (Å²) in [7, 11) is -3.43. The lowest BCUT2D eigenvalue weighted by Gasteiger charge is -2.28. The number of nitrogens with one attached hydrogen (secondary N) is 1. The van der Waals surface area contributed by atoms with Crippen LogP contribution in [0.4, 0.5) is 0 Å². The molecule has 1 amide bonds. The molecular weight excluding hydrogens is 360 g/mol. The second kappa shape index (κ2) is 8.06. The first kappa shape index (κ1) is 20.2. The first-order valence-corrected chi connectivity index (χ1v) is 10.5. The first-order chi connectivity index (χ1) is 11.4. The van der Waals surface area contributed by atoms with Crippen LogP contribution in [0.2, 0.25) is 0 Å². The summed E-state index contributed by atoms with van der Waals surface area (Å²) in [5.41, 5.74) is 7.87. The van der Waals surface area contributed by atoms with E-state index in [0.717, 1.165) is 50.5 Å². The summed E-state index contributed by atoms with van der Waals surface area (Å²) in [6.07, 6.45) is 6.93. The highest BCUT2D eigenvalue weighted by molar-refractivity contribution is 7.91. The van der Waals surface area contributed by atoms with Crippen molar-refractivity contribution in [3.63, 3.8) is 0 Å². The predicted octanol–water partition coefficient (Wildman–Crippen LogP) is 2.15. The van der Waals surface area contributed by atoms with E-state index in [0.29, 0.717) is 11.4 Å². The third-order valence-electron chi connectivity index (χ3n) is 5.38. The van der Waals surface area contributed by atoms with E-state index in [-0.39, 0.29) is 36.0 Å². The second-order valence-electron chi connectivity index (χ2n) is 7.09. The zero-order valence-corrected chi connectivity index (χ0v) is 16.1. The molecule has 0 heterocycles. The third kappa shape index (κ3) is 4.54. The van der Waals surface area contributed by atoms with E-state index in [9.17, 15) is 13.2 Å². The molecule has 5 nitrogen and oxygen atoms in total. The molecule has 0 bridgehead atoms. The molecular formula is C18H27ClN2O3S. The van der Waals surface area contributed by atoms with Gasteiger partial charge in [0.1, 0.15) is 0 Å². The van der Waals surface area contributed by atoms with Gasteiger partial charge in [0.25, 0.3) is 0 Å². The van der Waals surface area contributed by atoms with Gasteiger partial charge in [-0.1, -0.05) is 18.9 Å². The SMILES string of the molecule is Cl.NCC1(NC(=O)CCS(=O)(=O)c2ccc3c(c2)CCC3)CCCC1. The number of rotatable bonds is 6. The van der Waals surface area contributed by atoms with Crippen LogP contribution in [0.5, 0.6) is 0 Å². The lowest BCUT2D eigenvalue weighted by atomic mass is 9.98. The fourth-order valence-electron chi connectivity index (χ4n) is 3.88. The van der Waals surface area contributed by atoms with Crippen molar-refractivity contribution in [2.24, 2.45) is 5.73 Å². The van der Waals surface area contributed by atoms with Crippen LogP contribution >= 0.6 is 12.4 Å². The Morgan fingerprint density at radius 3 is 2.48 bits per heavy atom. The maximum Gasteiger partial charge on any atom is 0.221 e. The Labute approximate surface area is 156 Å². The molecule has 2 aliphatic carbocycles. The molecule has 1 aromatic carbocycles. The van der Waals surface area contributed by atoms with Crippen LogP contribution in [0.15, 0.2) is 23.1 Å². The largest absolute Gasteiger partial charge is 0.349 e. The summed E-state index contributed by atoms with van der Waals surface area (Å²) in [6, 6.07) is 5.38. The predicted molar refractivity (Wildman–Crippen MR) is 101 cm³/mol. The maximum atomic E-state index is 12.5. The van der Waals surface area contributed by atoms with E-state index in [4.69, 9.17) is 5.73 Å². The zero-order chi connectivity index (χ0) is 17.2. The van der Waals surface area contributed by atoms with Gasteiger partial charge < -0.3 is 11.1 Å². The van der Waals surface area contributed by atoms with Gasteiger partial charge in [0.15, 0.2) is 9.84 Å². The molecule has 1 fully saturated rings. The standard InChI is InChI=1S/C18H26N2O3S.ClH/c19-13-18(9-1-2-10-18)20-17(21)8-11-24(22,23)16-7-6-14-4-3-5-15(14)12-16;/h6-7,12H,1-5,8-11,13,19H2,(H,20,21);1H. The molecule has 25 heavy (non-hydrogen) atoms. The van der Waals surface area contributed by atoms with E-state index < -0.39 is 9.84 Å². The molecule has 3 rings (SSSR count). The summed E-state index contributed by atoms with van der Waals surface area (Å²) >= 11 is 0. The molecule has 2 aliphatic rings. The summed E-state index contributed by atoms with van der Waals surface area (Å²) in [5.74, 6) is -0.370. The molecule has 140 valence electrons. The minimum Gasteiger partial charge on any atom is -0.349 e. The molecule has 0 aliphatic heterocycles. The van der Waals surface area contributed by atoms with Gasteiger partial charge in [0.05, 0.1) is 16.2 Å². The van der Waals surface area contributed by atoms with Crippen molar-refractivity contribution in [3.8, 4) is 0 Å². The highest BCUT2D eigenvalue weighted by Gasteiger charge is 2.34. The van der Waals surface area contributed by atoms with Gasteiger partial charge in [0.2, 0.25) is 5.91 Å². The minimum absolute atomic E-state index is 0. The molecule has 3 N–H and O–H groups in total. The number of hydrogen-bond acceptors (Lipinski definition) is 4. The van der Waals surface area contributed by atoms with Gasteiger partial charge in [-0.25, -0.2) is 8.42 Å². The Kier molecular flexibility index (Phi) is 6.51. The van der Waals surface area contributed by atoms with E-state index in [1.54, 1.807) is 12.1 Å². The van der Waals surface area contributed by atoms with Crippen LogP contribution in [-0.2, 0) is 27.5 Å². The van der Waals surface area contributed by atoms with Crippen molar-refractivity contribution in [3.05, 3.63) is 29.3 Å². The summed E-state index contributed by atoms with van der Waals surface area (Å²) in [6.45, 7) is 0.413. The number of halogens is 1. The molecule has 0 spiro atoms. The molecule has 0 radical (unpaired) electrons. The highest BCUT2D eigenvalue weighted by atomic mass is 35.5. The normalized spacial score (nSPS) is 18.4. The van der Waals surface area contributed by atoms with E-state index in [1.165, 1.54) is 5.56 Å². The fourth-order valence-corrected chi connectivity index (χ4v) is 5.16. The Morgan fingerprint density at radius 1 is 1.12 bits per heavy atom. The molecule has 7 heteroatoms. The number of carbonyl (C=O) groups excluding carboxylic acids is 1. The van der Waals surface area contributed by atoms with Gasteiger partial charge in [-0.15, -0.1) is 12.4 Å². The van der Waals surface area contributed by atoms with Crippen LogP contribution in [0, 0.1) is 0 Å². The average Bonchev–Trinajstić information content (AvgIpc) is 3.21. The maximum absolute atomic E-state index is 12.5. The number of carbonyl (C=O) groups is 1. The van der Waals surface area contributed by atoms with Crippen molar-refractivity contribution in [2.75, 3.05) is 12.3 Å². The highest BCUT2D eigenvalue weighted by Crippen LogP contribution is 2.29. The Bertz CT molecular complexity index is 728. The lowest BCUT2D eigenvalue weighted by Crippen LogP contribution is -2.51. The molecule has 1 aromatic rings. The third-order valence-corrected chi connectivity index (χ3v) is 7.10. The molecule has 0 aromatic heterocycles. The molecule has 0 atom stereocenters.